The maximum Gasteiger partial charge on any atom is 0.305 e. The number of carboxylic acid groups (broad SMARTS) is 1. The fourth-order valence-electron chi connectivity index (χ4n) is 2.72. The minimum Gasteiger partial charge on any atom is -0.481 e. The zero-order chi connectivity index (χ0) is 16.6. The third-order valence-corrected chi connectivity index (χ3v) is 3.70. The van der Waals surface area contributed by atoms with Gasteiger partial charge in [0.2, 0.25) is 11.8 Å². The molecule has 0 aliphatic carbocycles. The number of hydrogen-bond donors (Lipinski definition) is 2. The molecule has 1 fully saturated rings. The summed E-state index contributed by atoms with van der Waals surface area (Å²) in [5.74, 6) is -1.38. The molecule has 0 bridgehead atoms. The van der Waals surface area contributed by atoms with Crippen molar-refractivity contribution < 1.29 is 24.2 Å². The van der Waals surface area contributed by atoms with E-state index in [0.717, 1.165) is 25.7 Å². The minimum atomic E-state index is -1.01. The van der Waals surface area contributed by atoms with E-state index in [4.69, 9.17) is 9.84 Å². The van der Waals surface area contributed by atoms with Gasteiger partial charge in [0, 0.05) is 20.1 Å². The lowest BCUT2D eigenvalue weighted by molar-refractivity contribution is -0.141. The monoisotopic (exact) mass is 314 g/mol. The van der Waals surface area contributed by atoms with E-state index >= 15 is 0 Å². The SMILES string of the molecule is COCC(C)(CC(=O)O)NC(=O)CN1CCCCCCC1=O. The minimum absolute atomic E-state index is 0.0125. The second-order valence-corrected chi connectivity index (χ2v) is 6.09. The number of amides is 2. The first-order valence-corrected chi connectivity index (χ1v) is 7.66. The van der Waals surface area contributed by atoms with Crippen molar-refractivity contribution in [2.75, 3.05) is 26.8 Å². The van der Waals surface area contributed by atoms with Crippen molar-refractivity contribution in [2.45, 2.75) is 51.0 Å². The Morgan fingerprint density at radius 1 is 1.32 bits per heavy atom. The van der Waals surface area contributed by atoms with Crippen molar-refractivity contribution in [1.82, 2.24) is 10.2 Å². The lowest BCUT2D eigenvalue weighted by atomic mass is 9.99. The molecule has 1 heterocycles. The third kappa shape index (κ3) is 6.43. The predicted molar refractivity (Wildman–Crippen MR) is 80.3 cm³/mol. The highest BCUT2D eigenvalue weighted by atomic mass is 16.5. The molecule has 0 saturated carbocycles. The highest BCUT2D eigenvalue weighted by Crippen LogP contribution is 2.13. The highest BCUT2D eigenvalue weighted by molar-refractivity contribution is 5.85. The molecule has 2 amide bonds. The topological polar surface area (TPSA) is 95.9 Å². The number of hydrogen-bond acceptors (Lipinski definition) is 4. The van der Waals surface area contributed by atoms with Crippen molar-refractivity contribution in [1.29, 1.82) is 0 Å². The number of nitrogens with one attached hydrogen (secondary N) is 1. The molecule has 7 nitrogen and oxygen atoms in total. The van der Waals surface area contributed by atoms with Crippen LogP contribution >= 0.6 is 0 Å². The van der Waals surface area contributed by atoms with Crippen LogP contribution in [0.1, 0.15) is 45.4 Å². The molecule has 126 valence electrons. The van der Waals surface area contributed by atoms with Crippen LogP contribution in [0.3, 0.4) is 0 Å². The van der Waals surface area contributed by atoms with Gasteiger partial charge >= 0.3 is 5.97 Å². The average molecular weight is 314 g/mol. The molecule has 1 rings (SSSR count). The van der Waals surface area contributed by atoms with Crippen LogP contribution in [-0.2, 0) is 19.1 Å². The van der Waals surface area contributed by atoms with Gasteiger partial charge in [0.25, 0.3) is 0 Å². The Morgan fingerprint density at radius 3 is 2.64 bits per heavy atom. The lowest BCUT2D eigenvalue weighted by Gasteiger charge is -2.30. The van der Waals surface area contributed by atoms with Gasteiger partial charge in [-0.3, -0.25) is 14.4 Å². The Morgan fingerprint density at radius 2 is 2.00 bits per heavy atom. The summed E-state index contributed by atoms with van der Waals surface area (Å²) in [6, 6.07) is 0. The number of rotatable bonds is 7. The summed E-state index contributed by atoms with van der Waals surface area (Å²) in [7, 11) is 1.45. The number of carbonyl (C=O) groups is 3. The molecule has 0 aromatic carbocycles. The van der Waals surface area contributed by atoms with Crippen LogP contribution in [0.2, 0.25) is 0 Å². The first-order chi connectivity index (χ1) is 10.4. The zero-order valence-electron chi connectivity index (χ0n) is 13.4. The second kappa shape index (κ2) is 8.73. The average Bonchev–Trinajstić information content (AvgIpc) is 2.37. The molecule has 0 radical (unpaired) electrons. The zero-order valence-corrected chi connectivity index (χ0v) is 13.4. The van der Waals surface area contributed by atoms with E-state index in [9.17, 15) is 14.4 Å². The first kappa shape index (κ1) is 18.4. The second-order valence-electron chi connectivity index (χ2n) is 6.09. The molecule has 2 N–H and O–H groups in total. The van der Waals surface area contributed by atoms with Gasteiger partial charge in [-0.2, -0.15) is 0 Å². The molecule has 0 spiro atoms. The highest BCUT2D eigenvalue weighted by Gasteiger charge is 2.30. The van der Waals surface area contributed by atoms with Gasteiger partial charge in [0.15, 0.2) is 0 Å². The van der Waals surface area contributed by atoms with Crippen molar-refractivity contribution in [3.05, 3.63) is 0 Å². The Balaban J connectivity index is 2.61. The summed E-state index contributed by atoms with van der Waals surface area (Å²) >= 11 is 0. The lowest BCUT2D eigenvalue weighted by Crippen LogP contribution is -2.54. The van der Waals surface area contributed by atoms with Gasteiger partial charge in [-0.15, -0.1) is 0 Å². The summed E-state index contributed by atoms with van der Waals surface area (Å²) in [5.41, 5.74) is -0.983. The van der Waals surface area contributed by atoms with E-state index in [1.807, 2.05) is 0 Å². The summed E-state index contributed by atoms with van der Waals surface area (Å²) in [5, 5.41) is 11.6. The fraction of sp³-hybridized carbons (Fsp3) is 0.800. The number of methoxy groups -OCH3 is 1. The number of likely N-dealkylation sites (tertiary alicyclic amines) is 1. The molecule has 1 unspecified atom stereocenters. The van der Waals surface area contributed by atoms with Crippen molar-refractivity contribution >= 4 is 17.8 Å². The van der Waals surface area contributed by atoms with Crippen molar-refractivity contribution in [2.24, 2.45) is 0 Å². The Kier molecular flexibility index (Phi) is 7.31. The van der Waals surface area contributed by atoms with E-state index in [1.54, 1.807) is 11.8 Å². The van der Waals surface area contributed by atoms with E-state index < -0.39 is 11.5 Å². The number of nitrogens with zero attached hydrogens (tertiary/aromatic N) is 1. The van der Waals surface area contributed by atoms with Crippen LogP contribution in [0.25, 0.3) is 0 Å². The summed E-state index contributed by atoms with van der Waals surface area (Å²) in [6.45, 7) is 2.26. The van der Waals surface area contributed by atoms with Crippen molar-refractivity contribution in [3.8, 4) is 0 Å². The molecule has 1 aliphatic rings. The van der Waals surface area contributed by atoms with E-state index in [-0.39, 0.29) is 31.4 Å². The Bertz CT molecular complexity index is 413. The van der Waals surface area contributed by atoms with Crippen LogP contribution < -0.4 is 5.32 Å². The van der Waals surface area contributed by atoms with Gasteiger partial charge in [-0.25, -0.2) is 0 Å². The molecule has 0 aromatic heterocycles. The summed E-state index contributed by atoms with van der Waals surface area (Å²) in [6.07, 6.45) is 4.10. The van der Waals surface area contributed by atoms with Gasteiger partial charge in [-0.05, 0) is 19.8 Å². The van der Waals surface area contributed by atoms with E-state index in [0.29, 0.717) is 13.0 Å². The Labute approximate surface area is 131 Å². The number of carbonyl (C=O) groups excluding carboxylic acids is 2. The van der Waals surface area contributed by atoms with Crippen LogP contribution in [-0.4, -0.2) is 60.1 Å². The third-order valence-electron chi connectivity index (χ3n) is 3.70. The van der Waals surface area contributed by atoms with E-state index in [1.165, 1.54) is 7.11 Å². The molecule has 0 aromatic rings. The van der Waals surface area contributed by atoms with Crippen LogP contribution in [0.5, 0.6) is 0 Å². The summed E-state index contributed by atoms with van der Waals surface area (Å²) in [4.78, 5) is 36.7. The number of carboxylic acids is 1. The molecule has 1 saturated heterocycles. The van der Waals surface area contributed by atoms with E-state index in [2.05, 4.69) is 5.32 Å². The number of ether oxygens (including phenoxy) is 1. The smallest absolute Gasteiger partial charge is 0.305 e. The standard InChI is InChI=1S/C15H26N2O5/c1-15(11-22-2,9-14(20)21)16-12(18)10-17-8-6-4-3-5-7-13(17)19/h3-11H2,1-2H3,(H,16,18)(H,20,21). The molecular weight excluding hydrogens is 288 g/mol. The van der Waals surface area contributed by atoms with Gasteiger partial charge < -0.3 is 20.1 Å². The molecule has 7 heteroatoms. The van der Waals surface area contributed by atoms with Crippen molar-refractivity contribution in [3.63, 3.8) is 0 Å². The van der Waals surface area contributed by atoms with Crippen LogP contribution in [0, 0.1) is 0 Å². The Hall–Kier alpha value is -1.63. The molecule has 1 aliphatic heterocycles. The molecule has 22 heavy (non-hydrogen) atoms. The first-order valence-electron chi connectivity index (χ1n) is 7.66. The van der Waals surface area contributed by atoms with Crippen LogP contribution in [0.15, 0.2) is 0 Å². The van der Waals surface area contributed by atoms with Gasteiger partial charge in [0.05, 0.1) is 25.1 Å². The summed E-state index contributed by atoms with van der Waals surface area (Å²) < 4.78 is 5.00. The maximum atomic E-state index is 12.2. The van der Waals surface area contributed by atoms with Crippen LogP contribution in [0.4, 0.5) is 0 Å². The normalized spacial score (nSPS) is 19.0. The predicted octanol–water partition coefficient (Wildman–Crippen LogP) is 0.775. The molecular formula is C15H26N2O5. The quantitative estimate of drug-likeness (QED) is 0.724. The fourth-order valence-corrected chi connectivity index (χ4v) is 2.72. The largest absolute Gasteiger partial charge is 0.481 e. The number of aliphatic carboxylic acids is 1. The van der Waals surface area contributed by atoms with Gasteiger partial charge in [-0.1, -0.05) is 12.8 Å². The molecule has 1 atom stereocenters. The van der Waals surface area contributed by atoms with Gasteiger partial charge in [0.1, 0.15) is 0 Å². The maximum absolute atomic E-state index is 12.2.